The average molecular weight is 431 g/mol. The van der Waals surface area contributed by atoms with E-state index in [2.05, 4.69) is 10.3 Å². The highest BCUT2D eigenvalue weighted by atomic mass is 16.5. The molecule has 1 aromatic heterocycles. The molecule has 7 nitrogen and oxygen atoms in total. The molecule has 0 saturated carbocycles. The van der Waals surface area contributed by atoms with E-state index in [1.54, 1.807) is 36.5 Å². The summed E-state index contributed by atoms with van der Waals surface area (Å²) in [5, 5.41) is 2.87. The first-order valence-electron chi connectivity index (χ1n) is 10.5. The largest absolute Gasteiger partial charge is 0.493 e. The van der Waals surface area contributed by atoms with Crippen LogP contribution in [0.25, 0.3) is 0 Å². The van der Waals surface area contributed by atoms with Crippen molar-refractivity contribution in [2.24, 2.45) is 0 Å². The van der Waals surface area contributed by atoms with Crippen molar-refractivity contribution in [3.8, 4) is 11.5 Å². The number of aromatic nitrogens is 1. The summed E-state index contributed by atoms with van der Waals surface area (Å²) in [4.78, 5) is 31.9. The van der Waals surface area contributed by atoms with Gasteiger partial charge < -0.3 is 19.7 Å². The van der Waals surface area contributed by atoms with Gasteiger partial charge in [0.05, 0.1) is 38.1 Å². The van der Waals surface area contributed by atoms with Crippen LogP contribution in [0, 0.1) is 0 Å². The number of benzene rings is 2. The van der Waals surface area contributed by atoms with Crippen LogP contribution < -0.4 is 14.8 Å². The zero-order valence-corrected chi connectivity index (χ0v) is 18.1. The third kappa shape index (κ3) is 4.42. The summed E-state index contributed by atoms with van der Waals surface area (Å²) in [5.41, 5.74) is 3.03. The molecule has 4 rings (SSSR count). The lowest BCUT2D eigenvalue weighted by atomic mass is 10.0. The molecule has 0 spiro atoms. The molecule has 0 bridgehead atoms. The van der Waals surface area contributed by atoms with Crippen LogP contribution in [0.1, 0.15) is 40.9 Å². The minimum atomic E-state index is -0.476. The fourth-order valence-electron chi connectivity index (χ4n) is 3.93. The Morgan fingerprint density at radius 1 is 1.16 bits per heavy atom. The molecule has 2 aromatic carbocycles. The summed E-state index contributed by atoms with van der Waals surface area (Å²) in [7, 11) is 1.57. The van der Waals surface area contributed by atoms with E-state index in [-0.39, 0.29) is 18.2 Å². The van der Waals surface area contributed by atoms with E-state index in [1.807, 2.05) is 49.4 Å². The maximum atomic E-state index is 13.2. The molecule has 2 heterocycles. The molecule has 0 aliphatic carbocycles. The summed E-state index contributed by atoms with van der Waals surface area (Å²) in [6, 6.07) is 16.1. The van der Waals surface area contributed by atoms with Gasteiger partial charge in [-0.25, -0.2) is 0 Å². The normalized spacial score (nSPS) is 13.4. The predicted molar refractivity (Wildman–Crippen MR) is 121 cm³/mol. The molecule has 1 N–H and O–H groups in total. The van der Waals surface area contributed by atoms with Crippen LogP contribution in [0.5, 0.6) is 11.5 Å². The highest BCUT2D eigenvalue weighted by Crippen LogP contribution is 2.37. The highest BCUT2D eigenvalue weighted by molar-refractivity contribution is 5.99. The minimum Gasteiger partial charge on any atom is -0.493 e. The Morgan fingerprint density at radius 3 is 2.72 bits per heavy atom. The van der Waals surface area contributed by atoms with Crippen molar-refractivity contribution in [3.05, 3.63) is 83.7 Å². The zero-order valence-electron chi connectivity index (χ0n) is 18.1. The lowest BCUT2D eigenvalue weighted by Gasteiger charge is -2.28. The van der Waals surface area contributed by atoms with E-state index in [4.69, 9.17) is 9.47 Å². The minimum absolute atomic E-state index is 0.0890. The van der Waals surface area contributed by atoms with Gasteiger partial charge in [0, 0.05) is 18.3 Å². The van der Waals surface area contributed by atoms with Crippen LogP contribution in [0.15, 0.2) is 67.0 Å². The first-order valence-corrected chi connectivity index (χ1v) is 10.5. The number of nitrogens with one attached hydrogen (secondary N) is 1. The van der Waals surface area contributed by atoms with Gasteiger partial charge in [0.15, 0.2) is 11.5 Å². The van der Waals surface area contributed by atoms with Crippen molar-refractivity contribution in [1.82, 2.24) is 9.88 Å². The number of amides is 2. The van der Waals surface area contributed by atoms with Crippen molar-refractivity contribution < 1.29 is 19.1 Å². The fourth-order valence-corrected chi connectivity index (χ4v) is 3.93. The summed E-state index contributed by atoms with van der Waals surface area (Å²) < 4.78 is 11.1. The van der Waals surface area contributed by atoms with Crippen molar-refractivity contribution in [1.29, 1.82) is 0 Å². The molecule has 7 heteroatoms. The highest BCUT2D eigenvalue weighted by Gasteiger charge is 2.34. The van der Waals surface area contributed by atoms with Gasteiger partial charge in [-0.1, -0.05) is 24.3 Å². The van der Waals surface area contributed by atoms with Crippen molar-refractivity contribution in [2.75, 3.05) is 19.0 Å². The van der Waals surface area contributed by atoms with Crippen LogP contribution in [-0.4, -0.2) is 35.4 Å². The average Bonchev–Trinajstić information content (AvgIpc) is 3.15. The van der Waals surface area contributed by atoms with Crippen LogP contribution >= 0.6 is 0 Å². The molecule has 1 atom stereocenters. The number of nitrogens with zero attached hydrogens (tertiary/aromatic N) is 2. The maximum Gasteiger partial charge on any atom is 0.255 e. The molecule has 0 fully saturated rings. The number of hydrogen-bond acceptors (Lipinski definition) is 5. The van der Waals surface area contributed by atoms with Crippen LogP contribution in [0.4, 0.5) is 5.69 Å². The second-order valence-corrected chi connectivity index (χ2v) is 7.44. The number of carbonyl (C=O) groups excluding carboxylic acids is 2. The topological polar surface area (TPSA) is 80.8 Å². The van der Waals surface area contributed by atoms with E-state index < -0.39 is 6.04 Å². The summed E-state index contributed by atoms with van der Waals surface area (Å²) >= 11 is 0. The molecule has 32 heavy (non-hydrogen) atoms. The Balaban J connectivity index is 1.66. The lowest BCUT2D eigenvalue weighted by Crippen LogP contribution is -2.32. The van der Waals surface area contributed by atoms with E-state index in [9.17, 15) is 9.59 Å². The molecule has 1 unspecified atom stereocenters. The van der Waals surface area contributed by atoms with Gasteiger partial charge in [-0.2, -0.15) is 0 Å². The first-order chi connectivity index (χ1) is 15.6. The zero-order chi connectivity index (χ0) is 22.5. The van der Waals surface area contributed by atoms with Crippen molar-refractivity contribution in [3.63, 3.8) is 0 Å². The Labute approximate surface area is 187 Å². The molecule has 164 valence electrons. The number of carbonyl (C=O) groups is 2. The number of pyridine rings is 1. The van der Waals surface area contributed by atoms with Gasteiger partial charge in [0.2, 0.25) is 5.91 Å². The van der Waals surface area contributed by atoms with Gasteiger partial charge in [0.25, 0.3) is 5.91 Å². The predicted octanol–water partition coefficient (Wildman–Crippen LogP) is 4.21. The summed E-state index contributed by atoms with van der Waals surface area (Å²) in [5.74, 6) is 0.881. The van der Waals surface area contributed by atoms with Crippen molar-refractivity contribution >= 4 is 17.5 Å². The summed E-state index contributed by atoms with van der Waals surface area (Å²) in [6.45, 7) is 2.85. The van der Waals surface area contributed by atoms with Gasteiger partial charge in [-0.05, 0) is 48.4 Å². The number of hydrogen-bond donors (Lipinski definition) is 1. The molecule has 0 radical (unpaired) electrons. The van der Waals surface area contributed by atoms with Crippen LogP contribution in [0.2, 0.25) is 0 Å². The van der Waals surface area contributed by atoms with Crippen LogP contribution in [0.3, 0.4) is 0 Å². The number of methoxy groups -OCH3 is 1. The molecular weight excluding hydrogens is 406 g/mol. The Kier molecular flexibility index (Phi) is 6.35. The molecule has 1 aliphatic heterocycles. The Morgan fingerprint density at radius 2 is 2.00 bits per heavy atom. The van der Waals surface area contributed by atoms with Gasteiger partial charge >= 0.3 is 0 Å². The first kappa shape index (κ1) is 21.4. The van der Waals surface area contributed by atoms with E-state index >= 15 is 0 Å². The third-order valence-electron chi connectivity index (χ3n) is 5.42. The number of ether oxygens (including phenoxy) is 2. The van der Waals surface area contributed by atoms with Gasteiger partial charge in [-0.3, -0.25) is 14.6 Å². The van der Waals surface area contributed by atoms with E-state index in [0.717, 1.165) is 11.1 Å². The van der Waals surface area contributed by atoms with Gasteiger partial charge in [0.1, 0.15) is 0 Å². The molecule has 1 aliphatic rings. The fraction of sp³-hybridized carbons (Fsp3) is 0.240. The Bertz CT molecular complexity index is 1120. The second kappa shape index (κ2) is 9.51. The lowest BCUT2D eigenvalue weighted by molar-refractivity contribution is -0.117. The maximum absolute atomic E-state index is 13.2. The second-order valence-electron chi connectivity index (χ2n) is 7.44. The number of rotatable bonds is 8. The quantitative estimate of drug-likeness (QED) is 0.578. The molecular formula is C25H25N3O4. The SMILES string of the molecule is CCOc1ccc(C(CC(=O)Nc2cccnc2)N2Cc3ccccc3C2=O)cc1OC. The van der Waals surface area contributed by atoms with Crippen LogP contribution in [-0.2, 0) is 11.3 Å². The molecule has 2 amide bonds. The Hall–Kier alpha value is -3.87. The molecule has 3 aromatic rings. The third-order valence-corrected chi connectivity index (χ3v) is 5.42. The molecule has 0 saturated heterocycles. The number of anilines is 1. The van der Waals surface area contributed by atoms with E-state index in [0.29, 0.717) is 35.9 Å². The monoisotopic (exact) mass is 431 g/mol. The van der Waals surface area contributed by atoms with Gasteiger partial charge in [-0.15, -0.1) is 0 Å². The smallest absolute Gasteiger partial charge is 0.255 e. The standard InChI is InChI=1S/C25H25N3O4/c1-3-32-22-11-10-17(13-23(22)31-2)21(14-24(29)27-19-8-6-12-26-15-19)28-16-18-7-4-5-9-20(18)25(28)30/h4-13,15,21H,3,14,16H2,1-2H3,(H,27,29). The summed E-state index contributed by atoms with van der Waals surface area (Å²) in [6.07, 6.45) is 3.32. The van der Waals surface area contributed by atoms with Crippen molar-refractivity contribution in [2.45, 2.75) is 25.9 Å². The van der Waals surface area contributed by atoms with E-state index in [1.165, 1.54) is 0 Å². The number of fused-ring (bicyclic) bond motifs is 1.